The minimum atomic E-state index is -1.11. The van der Waals surface area contributed by atoms with Crippen LogP contribution in [-0.4, -0.2) is 44.7 Å². The van der Waals surface area contributed by atoms with Gasteiger partial charge in [-0.25, -0.2) is 4.79 Å². The average molecular weight is 450 g/mol. The molecule has 2 unspecified atom stereocenters. The Kier molecular flexibility index (Phi) is 6.53. The minimum Gasteiger partial charge on any atom is -0.511 e. The van der Waals surface area contributed by atoms with E-state index in [1.54, 1.807) is 0 Å². The number of rotatable bonds is 6. The molecule has 8 nitrogen and oxygen atoms in total. The summed E-state index contributed by atoms with van der Waals surface area (Å²) < 4.78 is 5.30. The molecule has 0 radical (unpaired) electrons. The molecule has 0 amide bonds. The maximum absolute atomic E-state index is 13.1. The van der Waals surface area contributed by atoms with E-state index in [1.807, 2.05) is 30.3 Å². The highest BCUT2D eigenvalue weighted by molar-refractivity contribution is 6.25. The standard InChI is InChI=1S/C25H26N2O6/c1-14(25(31)32)26-18-12-16(15-6-3-2-4-7-15)13-21(30)23(18)20(29)11-10-17-24-19(28)8-5-9-22(24)33-27-17/h2-4,6-7,14,16,29H,5,8-13H2,1H3,(H,31,32). The smallest absolute Gasteiger partial charge is 0.328 e. The number of aryl methyl sites for hydroxylation is 2. The monoisotopic (exact) mass is 450 g/mol. The van der Waals surface area contributed by atoms with E-state index in [0.29, 0.717) is 42.0 Å². The Hall–Kier alpha value is -3.55. The number of aliphatic hydroxyl groups is 1. The van der Waals surface area contributed by atoms with Crippen LogP contribution in [0.2, 0.25) is 0 Å². The summed E-state index contributed by atoms with van der Waals surface area (Å²) >= 11 is 0. The van der Waals surface area contributed by atoms with Gasteiger partial charge in [-0.3, -0.25) is 14.6 Å². The zero-order valence-electron chi connectivity index (χ0n) is 18.4. The molecular weight excluding hydrogens is 424 g/mol. The number of carboxylic acids is 1. The predicted molar refractivity (Wildman–Crippen MR) is 120 cm³/mol. The number of fused-ring (bicyclic) bond motifs is 1. The molecule has 2 aliphatic rings. The van der Waals surface area contributed by atoms with Crippen molar-refractivity contribution in [2.75, 3.05) is 0 Å². The number of Topliss-reactive ketones (excluding diaryl/α,β-unsaturated/α-hetero) is 2. The lowest BCUT2D eigenvalue weighted by Crippen LogP contribution is -2.29. The van der Waals surface area contributed by atoms with Crippen LogP contribution in [0.5, 0.6) is 0 Å². The van der Waals surface area contributed by atoms with Crippen LogP contribution in [-0.2, 0) is 22.4 Å². The third-order valence-electron chi connectivity index (χ3n) is 6.22. The highest BCUT2D eigenvalue weighted by Crippen LogP contribution is 2.34. The van der Waals surface area contributed by atoms with Crippen LogP contribution in [0.1, 0.15) is 72.3 Å². The summed E-state index contributed by atoms with van der Waals surface area (Å²) in [6.45, 7) is 1.44. The number of aromatic nitrogens is 1. The summed E-state index contributed by atoms with van der Waals surface area (Å²) in [5.74, 6) is -1.13. The molecule has 1 heterocycles. The Morgan fingerprint density at radius 3 is 2.64 bits per heavy atom. The van der Waals surface area contributed by atoms with Crippen molar-refractivity contribution in [2.24, 2.45) is 4.99 Å². The van der Waals surface area contributed by atoms with Crippen molar-refractivity contribution in [3.63, 3.8) is 0 Å². The van der Waals surface area contributed by atoms with Crippen molar-refractivity contribution < 1.29 is 29.1 Å². The van der Waals surface area contributed by atoms with Crippen LogP contribution in [0.25, 0.3) is 0 Å². The first kappa shape index (κ1) is 22.6. The fourth-order valence-corrected chi connectivity index (χ4v) is 4.51. The van der Waals surface area contributed by atoms with E-state index in [4.69, 9.17) is 4.52 Å². The quantitative estimate of drug-likeness (QED) is 0.502. The normalized spacial score (nSPS) is 22.2. The largest absolute Gasteiger partial charge is 0.511 e. The van der Waals surface area contributed by atoms with Crippen molar-refractivity contribution in [3.05, 3.63) is 64.2 Å². The number of carbonyl (C=O) groups is 3. The number of aliphatic hydroxyl groups excluding tert-OH is 1. The van der Waals surface area contributed by atoms with Gasteiger partial charge in [-0.15, -0.1) is 0 Å². The van der Waals surface area contributed by atoms with E-state index in [0.717, 1.165) is 12.0 Å². The summed E-state index contributed by atoms with van der Waals surface area (Å²) in [5, 5.41) is 24.2. The molecule has 172 valence electrons. The van der Waals surface area contributed by atoms with Crippen LogP contribution in [0.4, 0.5) is 0 Å². The molecule has 2 atom stereocenters. The van der Waals surface area contributed by atoms with Gasteiger partial charge in [0.15, 0.2) is 11.6 Å². The lowest BCUT2D eigenvalue weighted by molar-refractivity contribution is -0.138. The Bertz CT molecular complexity index is 1140. The van der Waals surface area contributed by atoms with Gasteiger partial charge in [0, 0.05) is 32.1 Å². The highest BCUT2D eigenvalue weighted by atomic mass is 16.5. The summed E-state index contributed by atoms with van der Waals surface area (Å²) in [4.78, 5) is 41.1. The summed E-state index contributed by atoms with van der Waals surface area (Å²) in [7, 11) is 0. The Morgan fingerprint density at radius 1 is 1.15 bits per heavy atom. The maximum Gasteiger partial charge on any atom is 0.328 e. The van der Waals surface area contributed by atoms with Gasteiger partial charge in [0.05, 0.1) is 22.5 Å². The molecule has 8 heteroatoms. The molecule has 1 saturated carbocycles. The van der Waals surface area contributed by atoms with Gasteiger partial charge in [-0.2, -0.15) is 0 Å². The van der Waals surface area contributed by atoms with E-state index in [-0.39, 0.29) is 48.1 Å². The number of hydrogen-bond donors (Lipinski definition) is 2. The number of carbonyl (C=O) groups excluding carboxylic acids is 2. The van der Waals surface area contributed by atoms with Crippen LogP contribution in [0.3, 0.4) is 0 Å². The third kappa shape index (κ3) is 4.79. The zero-order valence-corrected chi connectivity index (χ0v) is 18.4. The number of carboxylic acid groups (broad SMARTS) is 1. The molecule has 4 rings (SSSR count). The Morgan fingerprint density at radius 2 is 1.91 bits per heavy atom. The van der Waals surface area contributed by atoms with Crippen molar-refractivity contribution in [2.45, 2.75) is 63.8 Å². The van der Waals surface area contributed by atoms with E-state index in [9.17, 15) is 24.6 Å². The van der Waals surface area contributed by atoms with E-state index in [1.165, 1.54) is 6.92 Å². The number of hydrogen-bond acceptors (Lipinski definition) is 7. The van der Waals surface area contributed by atoms with Crippen molar-refractivity contribution in [1.29, 1.82) is 0 Å². The van der Waals surface area contributed by atoms with E-state index in [2.05, 4.69) is 10.1 Å². The second-order valence-corrected chi connectivity index (χ2v) is 8.55. The van der Waals surface area contributed by atoms with Crippen molar-refractivity contribution in [3.8, 4) is 0 Å². The molecule has 2 aromatic rings. The number of benzene rings is 1. The van der Waals surface area contributed by atoms with Gasteiger partial charge in [-0.1, -0.05) is 35.5 Å². The number of aliphatic imine (C=N–C) groups is 1. The summed E-state index contributed by atoms with van der Waals surface area (Å²) in [6.07, 6.45) is 2.68. The minimum absolute atomic E-state index is 0.0170. The molecule has 1 aromatic carbocycles. The lowest BCUT2D eigenvalue weighted by atomic mass is 9.78. The molecule has 33 heavy (non-hydrogen) atoms. The van der Waals surface area contributed by atoms with Gasteiger partial charge < -0.3 is 14.7 Å². The fourth-order valence-electron chi connectivity index (χ4n) is 4.51. The molecule has 0 bridgehead atoms. The average Bonchev–Trinajstić information content (AvgIpc) is 3.22. The van der Waals surface area contributed by atoms with Crippen LogP contribution in [0, 0.1) is 0 Å². The zero-order chi connectivity index (χ0) is 23.5. The maximum atomic E-state index is 13.1. The molecular formula is C25H26N2O6. The van der Waals surface area contributed by atoms with E-state index < -0.39 is 12.0 Å². The third-order valence-corrected chi connectivity index (χ3v) is 6.22. The van der Waals surface area contributed by atoms with Crippen LogP contribution in [0.15, 0.2) is 51.2 Å². The first-order chi connectivity index (χ1) is 15.8. The van der Waals surface area contributed by atoms with Crippen molar-refractivity contribution in [1.82, 2.24) is 5.16 Å². The number of allylic oxidation sites excluding steroid dienone is 2. The second-order valence-electron chi connectivity index (χ2n) is 8.55. The second kappa shape index (κ2) is 9.52. The fraction of sp³-hybridized carbons (Fsp3) is 0.400. The summed E-state index contributed by atoms with van der Waals surface area (Å²) in [5.41, 5.74) is 2.31. The molecule has 2 N–H and O–H groups in total. The molecule has 0 spiro atoms. The number of ketones is 2. The predicted octanol–water partition coefficient (Wildman–Crippen LogP) is 4.00. The van der Waals surface area contributed by atoms with E-state index >= 15 is 0 Å². The highest BCUT2D eigenvalue weighted by Gasteiger charge is 2.33. The first-order valence-corrected chi connectivity index (χ1v) is 11.2. The molecule has 0 aliphatic heterocycles. The Balaban J connectivity index is 1.62. The van der Waals surface area contributed by atoms with Crippen molar-refractivity contribution >= 4 is 23.2 Å². The van der Waals surface area contributed by atoms with Crippen LogP contribution >= 0.6 is 0 Å². The first-order valence-electron chi connectivity index (χ1n) is 11.2. The van der Waals surface area contributed by atoms with Gasteiger partial charge >= 0.3 is 5.97 Å². The number of aliphatic carboxylic acids is 1. The molecule has 1 fully saturated rings. The lowest BCUT2D eigenvalue weighted by Gasteiger charge is -2.26. The molecule has 1 aromatic heterocycles. The topological polar surface area (TPSA) is 130 Å². The van der Waals surface area contributed by atoms with Gasteiger partial charge in [0.2, 0.25) is 0 Å². The number of nitrogens with zero attached hydrogens (tertiary/aromatic N) is 2. The van der Waals surface area contributed by atoms with Crippen LogP contribution < -0.4 is 0 Å². The summed E-state index contributed by atoms with van der Waals surface area (Å²) in [6, 6.07) is 8.47. The Labute approximate surface area is 191 Å². The van der Waals surface area contributed by atoms with Gasteiger partial charge in [-0.05, 0) is 31.2 Å². The van der Waals surface area contributed by atoms with Gasteiger partial charge in [0.25, 0.3) is 0 Å². The molecule has 0 saturated heterocycles. The SMILES string of the molecule is CC(N=C1CC(c2ccccc2)CC(=O)C1=C(O)CCc1noc2c1C(=O)CCC2)C(=O)O. The van der Waals surface area contributed by atoms with Gasteiger partial charge in [0.1, 0.15) is 17.6 Å². The molecule has 2 aliphatic carbocycles.